The minimum atomic E-state index is -1.26. The van der Waals surface area contributed by atoms with E-state index in [1.54, 1.807) is 6.07 Å². The molecule has 0 saturated carbocycles. The Morgan fingerprint density at radius 2 is 1.96 bits per heavy atom. The van der Waals surface area contributed by atoms with Crippen molar-refractivity contribution in [3.8, 4) is 11.9 Å². The molecule has 1 aromatic heterocycles. The number of fused-ring (bicyclic) bond motifs is 1. The van der Waals surface area contributed by atoms with Gasteiger partial charge in [0.2, 0.25) is 5.88 Å². The molecule has 0 atom stereocenters. The Morgan fingerprint density at radius 1 is 1.22 bits per heavy atom. The zero-order valence-electron chi connectivity index (χ0n) is 16.0. The summed E-state index contributed by atoms with van der Waals surface area (Å²) in [5.74, 6) is -0.891. The third-order valence-corrected chi connectivity index (χ3v) is 4.35. The molecule has 0 bridgehead atoms. The Balaban J connectivity index is 2.21. The Kier molecular flexibility index (Phi) is 7.81. The number of nitrogens with zero attached hydrogens (tertiary/aromatic N) is 2. The fraction of sp³-hybridized carbons (Fsp3) is 0.409. The van der Waals surface area contributed by atoms with E-state index in [0.717, 1.165) is 29.3 Å². The predicted octanol–water partition coefficient (Wildman–Crippen LogP) is 5.27. The molecule has 5 heteroatoms. The fourth-order valence-corrected chi connectivity index (χ4v) is 2.86. The van der Waals surface area contributed by atoms with Gasteiger partial charge in [-0.15, -0.1) is 0 Å². The molecular formula is C22H26N2O3. The van der Waals surface area contributed by atoms with E-state index < -0.39 is 5.97 Å². The van der Waals surface area contributed by atoms with Crippen LogP contribution in [0.15, 0.2) is 29.8 Å². The normalized spacial score (nSPS) is 11.4. The van der Waals surface area contributed by atoms with Gasteiger partial charge in [0, 0.05) is 10.9 Å². The van der Waals surface area contributed by atoms with Crippen molar-refractivity contribution in [2.24, 2.45) is 0 Å². The third-order valence-electron chi connectivity index (χ3n) is 4.35. The lowest BCUT2D eigenvalue weighted by atomic mass is 10.1. The molecule has 2 aromatic rings. The molecule has 1 aromatic carbocycles. The largest absolute Gasteiger partial charge is 0.477 e. The first-order valence-electron chi connectivity index (χ1n) is 9.44. The standard InChI is InChI=1S/C22H26N2O3/c1-3-4-5-6-7-8-11-27-21-18(14-19(15-23)22(25)26)13-17-12-16(2)9-10-20(17)24-21/h9-10,12-14H,3-8,11H2,1-2H3,(H,25,26)/b19-14+. The van der Waals surface area contributed by atoms with Crippen LogP contribution in [0.1, 0.15) is 56.6 Å². The first-order valence-corrected chi connectivity index (χ1v) is 9.44. The summed E-state index contributed by atoms with van der Waals surface area (Å²) >= 11 is 0. The van der Waals surface area contributed by atoms with E-state index in [1.807, 2.05) is 31.2 Å². The molecule has 142 valence electrons. The predicted molar refractivity (Wildman–Crippen MR) is 107 cm³/mol. The molecule has 0 amide bonds. The van der Waals surface area contributed by atoms with Crippen LogP contribution in [0.4, 0.5) is 0 Å². The number of nitriles is 1. The highest BCUT2D eigenvalue weighted by atomic mass is 16.5. The maximum Gasteiger partial charge on any atom is 0.346 e. The summed E-state index contributed by atoms with van der Waals surface area (Å²) in [4.78, 5) is 15.7. The molecular weight excluding hydrogens is 340 g/mol. The Labute approximate surface area is 160 Å². The SMILES string of the molecule is CCCCCCCCOc1nc2ccc(C)cc2cc1/C=C(\C#N)C(=O)O. The summed E-state index contributed by atoms with van der Waals surface area (Å²) in [5.41, 5.74) is 2.04. The quantitative estimate of drug-likeness (QED) is 0.352. The average molecular weight is 366 g/mol. The number of carbonyl (C=O) groups is 1. The number of unbranched alkanes of at least 4 members (excludes halogenated alkanes) is 5. The van der Waals surface area contributed by atoms with Gasteiger partial charge in [0.1, 0.15) is 11.6 Å². The second kappa shape index (κ2) is 10.3. The highest BCUT2D eigenvalue weighted by Crippen LogP contribution is 2.26. The molecule has 0 spiro atoms. The zero-order chi connectivity index (χ0) is 19.6. The molecule has 0 radical (unpaired) electrons. The molecule has 0 aliphatic carbocycles. The highest BCUT2D eigenvalue weighted by molar-refractivity contribution is 5.97. The van der Waals surface area contributed by atoms with Crippen molar-refractivity contribution in [1.82, 2.24) is 4.98 Å². The van der Waals surface area contributed by atoms with Gasteiger partial charge in [0.25, 0.3) is 0 Å². The summed E-state index contributed by atoms with van der Waals surface area (Å²) in [6, 6.07) is 9.40. The summed E-state index contributed by atoms with van der Waals surface area (Å²) in [6.45, 7) is 4.69. The van der Waals surface area contributed by atoms with Crippen LogP contribution < -0.4 is 4.74 Å². The molecule has 1 N–H and O–H groups in total. The molecule has 0 aliphatic rings. The number of aromatic nitrogens is 1. The van der Waals surface area contributed by atoms with Gasteiger partial charge in [-0.3, -0.25) is 0 Å². The second-order valence-corrected chi connectivity index (χ2v) is 6.67. The molecule has 1 heterocycles. The van der Waals surface area contributed by atoms with E-state index in [4.69, 9.17) is 15.1 Å². The number of pyridine rings is 1. The van der Waals surface area contributed by atoms with Crippen LogP contribution in [0.25, 0.3) is 17.0 Å². The molecule has 0 saturated heterocycles. The van der Waals surface area contributed by atoms with Crippen LogP contribution in [0, 0.1) is 18.3 Å². The van der Waals surface area contributed by atoms with E-state index in [2.05, 4.69) is 11.9 Å². The number of hydrogen-bond donors (Lipinski definition) is 1. The van der Waals surface area contributed by atoms with Gasteiger partial charge < -0.3 is 9.84 Å². The van der Waals surface area contributed by atoms with E-state index in [9.17, 15) is 4.79 Å². The number of rotatable bonds is 10. The van der Waals surface area contributed by atoms with Crippen LogP contribution in [-0.4, -0.2) is 22.7 Å². The molecule has 27 heavy (non-hydrogen) atoms. The maximum absolute atomic E-state index is 11.2. The highest BCUT2D eigenvalue weighted by Gasteiger charge is 2.12. The van der Waals surface area contributed by atoms with Crippen LogP contribution >= 0.6 is 0 Å². The minimum Gasteiger partial charge on any atom is -0.477 e. The van der Waals surface area contributed by atoms with Gasteiger partial charge in [-0.05, 0) is 37.6 Å². The van der Waals surface area contributed by atoms with E-state index in [0.29, 0.717) is 18.1 Å². The Morgan fingerprint density at radius 3 is 2.67 bits per heavy atom. The first kappa shape index (κ1) is 20.4. The summed E-state index contributed by atoms with van der Waals surface area (Å²) < 4.78 is 5.85. The van der Waals surface area contributed by atoms with Crippen LogP contribution in [0.2, 0.25) is 0 Å². The molecule has 0 fully saturated rings. The number of ether oxygens (including phenoxy) is 1. The van der Waals surface area contributed by atoms with Crippen molar-refractivity contribution in [2.45, 2.75) is 52.4 Å². The number of carboxylic acids is 1. The van der Waals surface area contributed by atoms with Crippen LogP contribution in [-0.2, 0) is 4.79 Å². The smallest absolute Gasteiger partial charge is 0.346 e. The van der Waals surface area contributed by atoms with Gasteiger partial charge in [-0.2, -0.15) is 5.26 Å². The lowest BCUT2D eigenvalue weighted by molar-refractivity contribution is -0.132. The number of hydrogen-bond acceptors (Lipinski definition) is 4. The van der Waals surface area contributed by atoms with Crippen LogP contribution in [0.5, 0.6) is 5.88 Å². The summed E-state index contributed by atoms with van der Waals surface area (Å²) in [7, 11) is 0. The Hall–Kier alpha value is -2.87. The minimum absolute atomic E-state index is 0.340. The second-order valence-electron chi connectivity index (χ2n) is 6.67. The fourth-order valence-electron chi connectivity index (χ4n) is 2.86. The van der Waals surface area contributed by atoms with Gasteiger partial charge >= 0.3 is 5.97 Å². The van der Waals surface area contributed by atoms with Crippen LogP contribution in [0.3, 0.4) is 0 Å². The molecule has 2 rings (SSSR count). The van der Waals surface area contributed by atoms with Crippen molar-refractivity contribution < 1.29 is 14.6 Å². The Bertz CT molecular complexity index is 866. The van der Waals surface area contributed by atoms with Crippen molar-refractivity contribution >= 4 is 22.9 Å². The molecule has 5 nitrogen and oxygen atoms in total. The topological polar surface area (TPSA) is 83.2 Å². The summed E-state index contributed by atoms with van der Waals surface area (Å²) in [5, 5.41) is 19.1. The van der Waals surface area contributed by atoms with Gasteiger partial charge in [0.05, 0.1) is 12.1 Å². The summed E-state index contributed by atoms with van der Waals surface area (Å²) in [6.07, 6.45) is 8.24. The first-order chi connectivity index (χ1) is 13.0. The maximum atomic E-state index is 11.2. The molecule has 0 aliphatic heterocycles. The van der Waals surface area contributed by atoms with E-state index >= 15 is 0 Å². The lowest BCUT2D eigenvalue weighted by Crippen LogP contribution is -2.03. The monoisotopic (exact) mass is 366 g/mol. The average Bonchev–Trinajstić information content (AvgIpc) is 2.65. The van der Waals surface area contributed by atoms with Gasteiger partial charge in [-0.1, -0.05) is 50.7 Å². The van der Waals surface area contributed by atoms with Gasteiger partial charge in [-0.25, -0.2) is 9.78 Å². The number of carboxylic acid groups (broad SMARTS) is 1. The number of aliphatic carboxylic acids is 1. The lowest BCUT2D eigenvalue weighted by Gasteiger charge is -2.10. The van der Waals surface area contributed by atoms with Crippen molar-refractivity contribution in [3.63, 3.8) is 0 Å². The molecule has 0 unspecified atom stereocenters. The van der Waals surface area contributed by atoms with Crippen molar-refractivity contribution in [3.05, 3.63) is 41.0 Å². The van der Waals surface area contributed by atoms with Crippen molar-refractivity contribution in [2.75, 3.05) is 6.61 Å². The van der Waals surface area contributed by atoms with E-state index in [-0.39, 0.29) is 5.57 Å². The van der Waals surface area contributed by atoms with Crippen molar-refractivity contribution in [1.29, 1.82) is 5.26 Å². The number of benzene rings is 1. The number of aryl methyl sites for hydroxylation is 1. The third kappa shape index (κ3) is 6.10. The van der Waals surface area contributed by atoms with E-state index in [1.165, 1.54) is 31.8 Å². The van der Waals surface area contributed by atoms with Gasteiger partial charge in [0.15, 0.2) is 0 Å². The zero-order valence-corrected chi connectivity index (χ0v) is 16.0.